The number of thiophene rings is 1. The summed E-state index contributed by atoms with van der Waals surface area (Å²) in [5, 5.41) is 3.67. The van der Waals surface area contributed by atoms with Crippen LogP contribution in [-0.2, 0) is 16.8 Å². The van der Waals surface area contributed by atoms with E-state index >= 15 is 0 Å². The molecule has 0 radical (unpaired) electrons. The van der Waals surface area contributed by atoms with Crippen molar-refractivity contribution in [1.82, 2.24) is 10.3 Å². The Hall–Kier alpha value is -1.14. The van der Waals surface area contributed by atoms with Crippen LogP contribution in [0.4, 0.5) is 0 Å². The van der Waals surface area contributed by atoms with Crippen molar-refractivity contribution in [2.75, 3.05) is 6.61 Å². The molecule has 0 aromatic carbocycles. The highest BCUT2D eigenvalue weighted by Gasteiger charge is 2.46. The van der Waals surface area contributed by atoms with E-state index in [1.54, 1.807) is 17.4 Å². The summed E-state index contributed by atoms with van der Waals surface area (Å²) in [6.45, 7) is 4.93. The molecule has 1 spiro atoms. The van der Waals surface area contributed by atoms with Crippen molar-refractivity contribution in [3.63, 3.8) is 0 Å². The number of aryl methyl sites for hydroxylation is 1. The van der Waals surface area contributed by atoms with Crippen LogP contribution in [0, 0.1) is 6.92 Å². The molecule has 3 unspecified atom stereocenters. The van der Waals surface area contributed by atoms with Crippen molar-refractivity contribution in [3.8, 4) is 0 Å². The molecule has 2 aliphatic heterocycles. The zero-order valence-corrected chi connectivity index (χ0v) is 15.4. The van der Waals surface area contributed by atoms with Crippen molar-refractivity contribution in [1.29, 1.82) is 0 Å². The van der Waals surface area contributed by atoms with Crippen LogP contribution in [-0.4, -0.2) is 17.6 Å². The van der Waals surface area contributed by atoms with Gasteiger partial charge in [-0.1, -0.05) is 11.6 Å². The SMILES string of the molecule is Cc1cc(=O)[nH]cc1C1CC2(CC(C)N1)OCCc1cc(Cl)sc12. The number of nitrogens with one attached hydrogen (secondary N) is 2. The van der Waals surface area contributed by atoms with Crippen LogP contribution < -0.4 is 10.9 Å². The first-order valence-electron chi connectivity index (χ1n) is 8.35. The maximum absolute atomic E-state index is 11.5. The van der Waals surface area contributed by atoms with E-state index in [2.05, 4.69) is 23.3 Å². The zero-order chi connectivity index (χ0) is 16.9. The molecule has 0 aliphatic carbocycles. The highest BCUT2D eigenvalue weighted by atomic mass is 35.5. The number of aromatic amines is 1. The van der Waals surface area contributed by atoms with Gasteiger partial charge in [0.2, 0.25) is 5.56 Å². The zero-order valence-electron chi connectivity index (χ0n) is 13.8. The van der Waals surface area contributed by atoms with Gasteiger partial charge in [-0.05, 0) is 49.4 Å². The summed E-state index contributed by atoms with van der Waals surface area (Å²) in [7, 11) is 0. The summed E-state index contributed by atoms with van der Waals surface area (Å²) < 4.78 is 7.21. The minimum atomic E-state index is -0.275. The molecule has 2 N–H and O–H groups in total. The largest absolute Gasteiger partial charge is 0.369 e. The Kier molecular flexibility index (Phi) is 4.07. The number of aromatic nitrogens is 1. The Bertz CT molecular complexity index is 831. The molecule has 1 fully saturated rings. The third kappa shape index (κ3) is 2.73. The summed E-state index contributed by atoms with van der Waals surface area (Å²) in [5.74, 6) is 0. The monoisotopic (exact) mass is 364 g/mol. The van der Waals surface area contributed by atoms with E-state index in [0.29, 0.717) is 6.04 Å². The van der Waals surface area contributed by atoms with E-state index in [1.165, 1.54) is 10.4 Å². The molecule has 2 aliphatic rings. The molecule has 3 atom stereocenters. The highest BCUT2D eigenvalue weighted by molar-refractivity contribution is 7.16. The fraction of sp³-hybridized carbons (Fsp3) is 0.500. The minimum absolute atomic E-state index is 0.0592. The molecular formula is C18H21ClN2O2S. The Morgan fingerprint density at radius 1 is 1.38 bits per heavy atom. The van der Waals surface area contributed by atoms with Gasteiger partial charge in [0.1, 0.15) is 5.60 Å². The molecule has 4 heterocycles. The van der Waals surface area contributed by atoms with Gasteiger partial charge < -0.3 is 15.0 Å². The highest BCUT2D eigenvalue weighted by Crippen LogP contribution is 2.50. The van der Waals surface area contributed by atoms with E-state index in [0.717, 1.165) is 41.3 Å². The van der Waals surface area contributed by atoms with Gasteiger partial charge >= 0.3 is 0 Å². The maximum atomic E-state index is 11.5. The lowest BCUT2D eigenvalue weighted by atomic mass is 9.78. The molecule has 4 rings (SSSR count). The van der Waals surface area contributed by atoms with Crippen molar-refractivity contribution in [3.05, 3.63) is 54.6 Å². The fourth-order valence-corrected chi connectivity index (χ4v) is 5.68. The Labute approximate surface area is 150 Å². The van der Waals surface area contributed by atoms with Gasteiger partial charge in [-0.15, -0.1) is 11.3 Å². The molecule has 4 nitrogen and oxygen atoms in total. The van der Waals surface area contributed by atoms with Crippen molar-refractivity contribution < 1.29 is 4.74 Å². The molecule has 1 saturated heterocycles. The second kappa shape index (κ2) is 5.99. The molecular weight excluding hydrogens is 344 g/mol. The van der Waals surface area contributed by atoms with E-state index in [9.17, 15) is 4.79 Å². The number of piperidine rings is 1. The lowest BCUT2D eigenvalue weighted by molar-refractivity contribution is -0.0955. The molecule has 2 aromatic rings. The van der Waals surface area contributed by atoms with Gasteiger partial charge in [0.05, 0.1) is 10.9 Å². The molecule has 128 valence electrons. The molecule has 24 heavy (non-hydrogen) atoms. The fourth-order valence-electron chi connectivity index (χ4n) is 4.22. The number of fused-ring (bicyclic) bond motifs is 2. The van der Waals surface area contributed by atoms with Crippen LogP contribution in [0.5, 0.6) is 0 Å². The summed E-state index contributed by atoms with van der Waals surface area (Å²) in [4.78, 5) is 15.6. The first-order valence-corrected chi connectivity index (χ1v) is 9.54. The van der Waals surface area contributed by atoms with Gasteiger partial charge in [-0.2, -0.15) is 0 Å². The molecule has 0 amide bonds. The van der Waals surface area contributed by atoms with Crippen LogP contribution in [0.25, 0.3) is 0 Å². The van der Waals surface area contributed by atoms with Crippen LogP contribution in [0.15, 0.2) is 23.1 Å². The van der Waals surface area contributed by atoms with Crippen molar-refractivity contribution in [2.45, 2.75) is 50.8 Å². The van der Waals surface area contributed by atoms with Crippen molar-refractivity contribution in [2.24, 2.45) is 0 Å². The quantitative estimate of drug-likeness (QED) is 0.811. The summed E-state index contributed by atoms with van der Waals surface area (Å²) in [5.41, 5.74) is 3.15. The second-order valence-electron chi connectivity index (χ2n) is 6.96. The standard InChI is InChI=1S/C18H21ClN2O2S/c1-10-5-16(22)20-9-13(10)14-8-18(7-11(2)21-14)17-12(3-4-23-18)6-15(19)24-17/h5-6,9,11,14,21H,3-4,7-8H2,1-2H3,(H,20,22). The summed E-state index contributed by atoms with van der Waals surface area (Å²) in [6, 6.07) is 4.23. The molecule has 6 heteroatoms. The van der Waals surface area contributed by atoms with Crippen LogP contribution in [0.1, 0.15) is 47.4 Å². The Balaban J connectivity index is 1.75. The number of ether oxygens (including phenoxy) is 1. The number of H-pyrrole nitrogens is 1. The van der Waals surface area contributed by atoms with Gasteiger partial charge in [-0.3, -0.25) is 4.79 Å². The van der Waals surface area contributed by atoms with Gasteiger partial charge in [0.15, 0.2) is 0 Å². The van der Waals surface area contributed by atoms with Gasteiger partial charge in [-0.25, -0.2) is 0 Å². The molecule has 0 bridgehead atoms. The summed E-state index contributed by atoms with van der Waals surface area (Å²) in [6.07, 6.45) is 4.57. The molecule has 0 saturated carbocycles. The molecule has 2 aromatic heterocycles. The topological polar surface area (TPSA) is 54.1 Å². The Morgan fingerprint density at radius 2 is 2.21 bits per heavy atom. The number of halogens is 1. The predicted octanol–water partition coefficient (Wildman–Crippen LogP) is 3.68. The first kappa shape index (κ1) is 16.3. The minimum Gasteiger partial charge on any atom is -0.369 e. The van der Waals surface area contributed by atoms with Gasteiger partial charge in [0.25, 0.3) is 0 Å². The number of hydrogen-bond donors (Lipinski definition) is 2. The van der Waals surface area contributed by atoms with E-state index < -0.39 is 0 Å². The number of hydrogen-bond acceptors (Lipinski definition) is 4. The van der Waals surface area contributed by atoms with E-state index in [-0.39, 0.29) is 17.2 Å². The average molecular weight is 365 g/mol. The second-order valence-corrected chi connectivity index (χ2v) is 8.65. The number of pyridine rings is 1. The predicted molar refractivity (Wildman–Crippen MR) is 97.0 cm³/mol. The number of rotatable bonds is 1. The van der Waals surface area contributed by atoms with Crippen LogP contribution in [0.3, 0.4) is 0 Å². The summed E-state index contributed by atoms with van der Waals surface area (Å²) >= 11 is 7.95. The smallest absolute Gasteiger partial charge is 0.248 e. The van der Waals surface area contributed by atoms with E-state index in [4.69, 9.17) is 16.3 Å². The third-order valence-corrected chi connectivity index (χ3v) is 6.64. The first-order chi connectivity index (χ1) is 11.5. The Morgan fingerprint density at radius 3 is 3.00 bits per heavy atom. The average Bonchev–Trinajstić information content (AvgIpc) is 2.89. The van der Waals surface area contributed by atoms with Crippen LogP contribution in [0.2, 0.25) is 4.34 Å². The van der Waals surface area contributed by atoms with E-state index in [1.807, 2.05) is 13.1 Å². The third-order valence-electron chi connectivity index (χ3n) is 5.15. The lowest BCUT2D eigenvalue weighted by Gasteiger charge is -2.46. The lowest BCUT2D eigenvalue weighted by Crippen LogP contribution is -2.49. The van der Waals surface area contributed by atoms with Crippen molar-refractivity contribution >= 4 is 22.9 Å². The maximum Gasteiger partial charge on any atom is 0.248 e. The van der Waals surface area contributed by atoms with Crippen LogP contribution >= 0.6 is 22.9 Å². The normalized spacial score (nSPS) is 29.6. The van der Waals surface area contributed by atoms with Gasteiger partial charge in [0, 0.05) is 35.6 Å².